The molecular weight excluding hydrogens is 500 g/mol. The molecule has 0 saturated heterocycles. The Kier molecular flexibility index (Phi) is 14.3. The fourth-order valence-electron chi connectivity index (χ4n) is 3.49. The fraction of sp³-hybridized carbons (Fsp3) is 0.560. The Morgan fingerprint density at radius 1 is 0.919 bits per heavy atom. The van der Waals surface area contributed by atoms with Crippen LogP contribution in [-0.4, -0.2) is 76.0 Å². The first kappa shape index (κ1) is 31.9. The van der Waals surface area contributed by atoms with Crippen LogP contribution in [0.2, 0.25) is 0 Å². The number of carbonyl (C=O) groups is 5. The highest BCUT2D eigenvalue weighted by Gasteiger charge is 2.32. The van der Waals surface area contributed by atoms with Gasteiger partial charge in [-0.3, -0.25) is 19.2 Å². The van der Waals surface area contributed by atoms with E-state index in [1.54, 1.807) is 31.2 Å². The van der Waals surface area contributed by atoms with Crippen LogP contribution in [0, 0.1) is 5.92 Å². The molecule has 0 aliphatic carbocycles. The Balaban J connectivity index is 3.00. The maximum absolute atomic E-state index is 13.1. The molecule has 0 saturated carbocycles. The van der Waals surface area contributed by atoms with Gasteiger partial charge in [-0.2, -0.15) is 11.8 Å². The van der Waals surface area contributed by atoms with Crippen LogP contribution in [-0.2, 0) is 30.4 Å². The van der Waals surface area contributed by atoms with Gasteiger partial charge in [0.25, 0.3) is 0 Å². The van der Waals surface area contributed by atoms with Crippen molar-refractivity contribution in [2.45, 2.75) is 70.1 Å². The third-order valence-electron chi connectivity index (χ3n) is 5.93. The number of carboxylic acids is 2. The second-order valence-electron chi connectivity index (χ2n) is 8.84. The normalized spacial score (nSPS) is 14.9. The van der Waals surface area contributed by atoms with Gasteiger partial charge in [0.2, 0.25) is 17.7 Å². The lowest BCUT2D eigenvalue weighted by atomic mass is 9.97. The molecule has 0 bridgehead atoms. The number of benzene rings is 1. The van der Waals surface area contributed by atoms with Crippen LogP contribution in [0.5, 0.6) is 0 Å². The van der Waals surface area contributed by atoms with E-state index in [0.29, 0.717) is 12.2 Å². The minimum atomic E-state index is -1.25. The summed E-state index contributed by atoms with van der Waals surface area (Å²) in [7, 11) is 0. The van der Waals surface area contributed by atoms with Gasteiger partial charge in [-0.05, 0) is 42.8 Å². The molecule has 11 nitrogen and oxygen atoms in total. The predicted molar refractivity (Wildman–Crippen MR) is 141 cm³/mol. The fourth-order valence-corrected chi connectivity index (χ4v) is 3.96. The number of nitrogens with two attached hydrogens (primary N) is 1. The molecule has 0 fully saturated rings. The van der Waals surface area contributed by atoms with Gasteiger partial charge in [-0.1, -0.05) is 50.6 Å². The number of amides is 3. The van der Waals surface area contributed by atoms with Crippen molar-refractivity contribution in [2.24, 2.45) is 11.7 Å². The van der Waals surface area contributed by atoms with Gasteiger partial charge in [-0.25, -0.2) is 4.79 Å². The van der Waals surface area contributed by atoms with Gasteiger partial charge in [0, 0.05) is 6.42 Å². The van der Waals surface area contributed by atoms with Crippen molar-refractivity contribution in [3.05, 3.63) is 35.9 Å². The van der Waals surface area contributed by atoms with E-state index < -0.39 is 60.2 Å². The molecule has 1 aromatic carbocycles. The molecule has 5 atom stereocenters. The van der Waals surface area contributed by atoms with Crippen LogP contribution in [0.4, 0.5) is 0 Å². The molecule has 0 heterocycles. The minimum absolute atomic E-state index is 0.208. The number of nitrogens with one attached hydrogen (secondary N) is 3. The molecular formula is C25H38N4O7S. The van der Waals surface area contributed by atoms with Crippen molar-refractivity contribution in [1.82, 2.24) is 16.0 Å². The molecule has 37 heavy (non-hydrogen) atoms. The quantitative estimate of drug-likeness (QED) is 0.166. The third-order valence-corrected chi connectivity index (χ3v) is 6.58. The molecule has 0 aliphatic heterocycles. The van der Waals surface area contributed by atoms with Crippen LogP contribution >= 0.6 is 11.8 Å². The summed E-state index contributed by atoms with van der Waals surface area (Å²) in [6.07, 6.45) is 2.12. The second kappa shape index (κ2) is 16.6. The molecule has 1 rings (SSSR count). The second-order valence-corrected chi connectivity index (χ2v) is 9.83. The monoisotopic (exact) mass is 538 g/mol. The summed E-state index contributed by atoms with van der Waals surface area (Å²) in [5, 5.41) is 26.1. The highest BCUT2D eigenvalue weighted by atomic mass is 32.2. The van der Waals surface area contributed by atoms with E-state index in [1.165, 1.54) is 11.8 Å². The zero-order valence-electron chi connectivity index (χ0n) is 21.4. The Bertz CT molecular complexity index is 916. The zero-order chi connectivity index (χ0) is 28.0. The van der Waals surface area contributed by atoms with E-state index in [2.05, 4.69) is 16.0 Å². The van der Waals surface area contributed by atoms with Crippen molar-refractivity contribution in [3.63, 3.8) is 0 Å². The van der Waals surface area contributed by atoms with Crippen molar-refractivity contribution < 1.29 is 34.2 Å². The van der Waals surface area contributed by atoms with Gasteiger partial charge < -0.3 is 31.9 Å². The van der Waals surface area contributed by atoms with Crippen LogP contribution in [0.25, 0.3) is 0 Å². The standard InChI is InChI=1S/C25H38N4O7S/c1-4-15(2)21(24(34)28-19(25(35)36)12-13-37-3)29-23(33)18(10-11-20(30)31)27-22(32)17(26)14-16-8-6-5-7-9-16/h5-9,15,17-19,21H,4,10-14,26H2,1-3H3,(H,27,32)(H,28,34)(H,29,33)(H,30,31)(H,35,36). The lowest BCUT2D eigenvalue weighted by Crippen LogP contribution is -2.58. The summed E-state index contributed by atoms with van der Waals surface area (Å²) < 4.78 is 0. The van der Waals surface area contributed by atoms with Crippen LogP contribution in [0.15, 0.2) is 30.3 Å². The topological polar surface area (TPSA) is 188 Å². The van der Waals surface area contributed by atoms with E-state index in [-0.39, 0.29) is 25.2 Å². The number of thioether (sulfide) groups is 1. The van der Waals surface area contributed by atoms with E-state index in [4.69, 9.17) is 10.8 Å². The van der Waals surface area contributed by atoms with Crippen molar-refractivity contribution in [3.8, 4) is 0 Å². The average molecular weight is 539 g/mol. The average Bonchev–Trinajstić information content (AvgIpc) is 2.86. The Morgan fingerprint density at radius 2 is 1.54 bits per heavy atom. The van der Waals surface area contributed by atoms with Crippen LogP contribution in [0.1, 0.15) is 45.1 Å². The van der Waals surface area contributed by atoms with Crippen molar-refractivity contribution in [1.29, 1.82) is 0 Å². The summed E-state index contributed by atoms with van der Waals surface area (Å²) in [6.45, 7) is 3.54. The number of rotatable bonds is 17. The highest BCUT2D eigenvalue weighted by molar-refractivity contribution is 7.98. The number of carboxylic acid groups (broad SMARTS) is 2. The summed E-state index contributed by atoms with van der Waals surface area (Å²) in [5.74, 6) is -4.25. The highest BCUT2D eigenvalue weighted by Crippen LogP contribution is 2.11. The first-order valence-electron chi connectivity index (χ1n) is 12.1. The minimum Gasteiger partial charge on any atom is -0.481 e. The van der Waals surface area contributed by atoms with Gasteiger partial charge >= 0.3 is 11.9 Å². The molecule has 0 aromatic heterocycles. The number of hydrogen-bond donors (Lipinski definition) is 6. The third kappa shape index (κ3) is 11.6. The molecule has 0 radical (unpaired) electrons. The van der Waals surface area contributed by atoms with E-state index in [1.807, 2.05) is 19.2 Å². The lowest BCUT2D eigenvalue weighted by molar-refractivity contribution is -0.142. The van der Waals surface area contributed by atoms with Crippen LogP contribution in [0.3, 0.4) is 0 Å². The van der Waals surface area contributed by atoms with Gasteiger partial charge in [0.05, 0.1) is 6.04 Å². The smallest absolute Gasteiger partial charge is 0.326 e. The zero-order valence-corrected chi connectivity index (χ0v) is 22.3. The van der Waals surface area contributed by atoms with Gasteiger partial charge in [0.1, 0.15) is 18.1 Å². The van der Waals surface area contributed by atoms with Gasteiger partial charge in [-0.15, -0.1) is 0 Å². The lowest BCUT2D eigenvalue weighted by Gasteiger charge is -2.28. The summed E-state index contributed by atoms with van der Waals surface area (Å²) in [6, 6.07) is 4.60. The molecule has 1 aromatic rings. The summed E-state index contributed by atoms with van der Waals surface area (Å²) in [4.78, 5) is 61.6. The first-order valence-corrected chi connectivity index (χ1v) is 13.5. The molecule has 12 heteroatoms. The maximum atomic E-state index is 13.1. The SMILES string of the molecule is CCC(C)C(NC(=O)C(CCC(=O)O)NC(=O)C(N)Cc1ccccc1)C(=O)NC(CCSC)C(=O)O. The Labute approximate surface area is 221 Å². The van der Waals surface area contributed by atoms with E-state index in [0.717, 1.165) is 5.56 Å². The Morgan fingerprint density at radius 3 is 2.08 bits per heavy atom. The summed E-state index contributed by atoms with van der Waals surface area (Å²) in [5.41, 5.74) is 6.83. The Hall–Kier alpha value is -3.12. The van der Waals surface area contributed by atoms with Crippen molar-refractivity contribution >= 4 is 41.4 Å². The first-order chi connectivity index (χ1) is 17.5. The number of aliphatic carboxylic acids is 2. The number of hydrogen-bond acceptors (Lipinski definition) is 7. The molecule has 0 aliphatic rings. The van der Waals surface area contributed by atoms with E-state index >= 15 is 0 Å². The molecule has 7 N–H and O–H groups in total. The van der Waals surface area contributed by atoms with Crippen LogP contribution < -0.4 is 21.7 Å². The maximum Gasteiger partial charge on any atom is 0.326 e. The molecule has 0 spiro atoms. The van der Waals surface area contributed by atoms with Crippen molar-refractivity contribution in [2.75, 3.05) is 12.0 Å². The summed E-state index contributed by atoms with van der Waals surface area (Å²) >= 11 is 1.44. The number of carbonyl (C=O) groups excluding carboxylic acids is 3. The molecule has 3 amide bonds. The molecule has 206 valence electrons. The van der Waals surface area contributed by atoms with E-state index in [9.17, 15) is 29.1 Å². The largest absolute Gasteiger partial charge is 0.481 e. The predicted octanol–water partition coefficient (Wildman–Crippen LogP) is 0.759. The van der Waals surface area contributed by atoms with Gasteiger partial charge in [0.15, 0.2) is 0 Å². The molecule has 5 unspecified atom stereocenters.